The number of benzene rings is 2. The molecule has 0 saturated heterocycles. The van der Waals surface area contributed by atoms with Gasteiger partial charge in [0.25, 0.3) is 0 Å². The summed E-state index contributed by atoms with van der Waals surface area (Å²) in [7, 11) is 3.79. The van der Waals surface area contributed by atoms with Gasteiger partial charge in [0.05, 0.1) is 14.2 Å². The fourth-order valence-corrected chi connectivity index (χ4v) is 3.53. The van der Waals surface area contributed by atoms with Crippen LogP contribution in [0.25, 0.3) is 6.08 Å². The van der Waals surface area contributed by atoms with Gasteiger partial charge in [-0.3, -0.25) is 0 Å². The topological polar surface area (TPSA) is 37.9 Å². The number of methoxy groups -OCH3 is 1. The minimum atomic E-state index is 0.0280. The fourth-order valence-electron chi connectivity index (χ4n) is 3.36. The summed E-state index contributed by atoms with van der Waals surface area (Å²) in [6.45, 7) is 7.52. The molecule has 0 fully saturated rings. The average molecular weight is 388 g/mol. The number of quaternary nitrogens is 1. The Bertz CT molecular complexity index is 788. The first kappa shape index (κ1) is 21.3. The van der Waals surface area contributed by atoms with Crippen LogP contribution in [0.2, 0.25) is 5.02 Å². The number of hydrogen-bond acceptors (Lipinski definition) is 2. The summed E-state index contributed by atoms with van der Waals surface area (Å²) in [5, 5.41) is 6.27. The summed E-state index contributed by atoms with van der Waals surface area (Å²) in [6, 6.07) is 12.4. The predicted octanol–water partition coefficient (Wildman–Crippen LogP) is 5.38. The van der Waals surface area contributed by atoms with Crippen molar-refractivity contribution in [2.24, 2.45) is 0 Å². The lowest BCUT2D eigenvalue weighted by molar-refractivity contribution is -0.540. The quantitative estimate of drug-likeness (QED) is 0.567. The highest BCUT2D eigenvalue weighted by Gasteiger charge is 2.28. The molecule has 4 heteroatoms. The van der Waals surface area contributed by atoms with Crippen LogP contribution in [0.15, 0.2) is 42.5 Å². The van der Waals surface area contributed by atoms with E-state index < -0.39 is 0 Å². The predicted molar refractivity (Wildman–Crippen MR) is 117 cm³/mol. The van der Waals surface area contributed by atoms with Crippen LogP contribution in [0, 0.1) is 0 Å². The van der Waals surface area contributed by atoms with E-state index >= 15 is 0 Å². The maximum atomic E-state index is 6.29. The Hall–Kier alpha value is -1.97. The minimum absolute atomic E-state index is 0.0280. The Morgan fingerprint density at radius 3 is 2.59 bits per heavy atom. The number of nitrogens with one attached hydrogen (secondary N) is 1. The highest BCUT2D eigenvalue weighted by atomic mass is 35.5. The highest BCUT2D eigenvalue weighted by molar-refractivity contribution is 6.30. The number of nitrogens with two attached hydrogens (primary N) is 1. The molecule has 2 rings (SSSR count). The highest BCUT2D eigenvalue weighted by Crippen LogP contribution is 2.37. The molecule has 0 aromatic heterocycles. The van der Waals surface area contributed by atoms with E-state index in [4.69, 9.17) is 16.3 Å². The molecule has 2 aromatic rings. The van der Waals surface area contributed by atoms with Crippen LogP contribution < -0.4 is 15.4 Å². The van der Waals surface area contributed by atoms with Crippen molar-refractivity contribution in [2.75, 3.05) is 26.0 Å². The molecular formula is C23H32ClN2O+. The number of allylic oxidation sites excluding steroid dienone is 1. The van der Waals surface area contributed by atoms with Crippen molar-refractivity contribution in [1.29, 1.82) is 0 Å². The molecule has 0 spiro atoms. The number of anilines is 1. The lowest BCUT2D eigenvalue weighted by atomic mass is 9.76. The summed E-state index contributed by atoms with van der Waals surface area (Å²) in [5.74, 6) is 0.883. The maximum Gasteiger partial charge on any atom is 0.133 e. The van der Waals surface area contributed by atoms with Crippen LogP contribution in [-0.4, -0.2) is 20.7 Å². The van der Waals surface area contributed by atoms with Gasteiger partial charge in [0.1, 0.15) is 11.4 Å². The Morgan fingerprint density at radius 1 is 1.19 bits per heavy atom. The van der Waals surface area contributed by atoms with Crippen LogP contribution >= 0.6 is 11.6 Å². The van der Waals surface area contributed by atoms with Gasteiger partial charge >= 0.3 is 0 Å². The Balaban J connectivity index is 2.26. The standard InChI is InChI=1S/C23H31ClN2O/c1-6-23(3,20-15-18(24)11-13-21(20)25-4)14-8-9-17-10-12-19(26-7-2)16-22(17)27-5/h8-13,15-16,25-26H,6-7,14H2,1-5H3/p+1/b9-8+. The first-order valence-electron chi connectivity index (χ1n) is 9.65. The molecule has 0 aliphatic rings. The van der Waals surface area contributed by atoms with Gasteiger partial charge in [0, 0.05) is 45.9 Å². The lowest BCUT2D eigenvalue weighted by Gasteiger charge is -2.28. The van der Waals surface area contributed by atoms with Crippen LogP contribution in [0.4, 0.5) is 11.4 Å². The third kappa shape index (κ3) is 5.27. The van der Waals surface area contributed by atoms with Crippen molar-refractivity contribution in [3.63, 3.8) is 0 Å². The van der Waals surface area contributed by atoms with Gasteiger partial charge in [-0.2, -0.15) is 0 Å². The van der Waals surface area contributed by atoms with Crippen molar-refractivity contribution in [3.05, 3.63) is 58.6 Å². The van der Waals surface area contributed by atoms with Gasteiger partial charge in [-0.25, -0.2) is 0 Å². The summed E-state index contributed by atoms with van der Waals surface area (Å²) < 4.78 is 5.56. The largest absolute Gasteiger partial charge is 0.496 e. The zero-order valence-electron chi connectivity index (χ0n) is 17.1. The van der Waals surface area contributed by atoms with Crippen LogP contribution in [0.5, 0.6) is 5.75 Å². The van der Waals surface area contributed by atoms with E-state index in [1.807, 2.05) is 12.1 Å². The Kier molecular flexibility index (Phi) is 7.76. The van der Waals surface area contributed by atoms with Gasteiger partial charge in [0.2, 0.25) is 0 Å². The number of hydrogen-bond donors (Lipinski definition) is 2. The molecule has 0 amide bonds. The van der Waals surface area contributed by atoms with Gasteiger partial charge in [-0.15, -0.1) is 0 Å². The maximum absolute atomic E-state index is 6.29. The minimum Gasteiger partial charge on any atom is -0.496 e. The second-order valence-electron chi connectivity index (χ2n) is 7.03. The zero-order chi connectivity index (χ0) is 19.9. The van der Waals surface area contributed by atoms with E-state index in [1.165, 1.54) is 11.3 Å². The van der Waals surface area contributed by atoms with E-state index in [1.54, 1.807) is 7.11 Å². The van der Waals surface area contributed by atoms with Crippen molar-refractivity contribution < 1.29 is 10.1 Å². The van der Waals surface area contributed by atoms with Crippen LogP contribution in [0.3, 0.4) is 0 Å². The molecule has 1 atom stereocenters. The second kappa shape index (κ2) is 9.82. The molecule has 0 bridgehead atoms. The lowest BCUT2D eigenvalue weighted by Crippen LogP contribution is -2.73. The summed E-state index contributed by atoms with van der Waals surface area (Å²) in [6.07, 6.45) is 6.37. The Labute approximate surface area is 168 Å². The van der Waals surface area contributed by atoms with Gasteiger partial charge < -0.3 is 15.4 Å². The molecule has 0 radical (unpaired) electrons. The molecular weight excluding hydrogens is 356 g/mol. The average Bonchev–Trinajstić information content (AvgIpc) is 2.68. The van der Waals surface area contributed by atoms with Gasteiger partial charge in [-0.05, 0) is 44.0 Å². The van der Waals surface area contributed by atoms with E-state index in [0.29, 0.717) is 0 Å². The zero-order valence-corrected chi connectivity index (χ0v) is 17.9. The summed E-state index contributed by atoms with van der Waals surface area (Å²) in [4.78, 5) is 0. The first-order chi connectivity index (χ1) is 13.0. The molecule has 1 unspecified atom stereocenters. The summed E-state index contributed by atoms with van der Waals surface area (Å²) in [5.41, 5.74) is 4.75. The Morgan fingerprint density at radius 2 is 1.96 bits per heavy atom. The molecule has 3 N–H and O–H groups in total. The van der Waals surface area contributed by atoms with Crippen molar-refractivity contribution in [2.45, 2.75) is 39.0 Å². The van der Waals surface area contributed by atoms with Crippen molar-refractivity contribution in [3.8, 4) is 5.75 Å². The smallest absolute Gasteiger partial charge is 0.133 e. The SMILES string of the molecule is CCNc1ccc(/C=C/CC(C)(CC)c2cc(Cl)ccc2[NH2+]C)c(OC)c1. The molecule has 0 saturated carbocycles. The van der Waals surface area contributed by atoms with Crippen LogP contribution in [0.1, 0.15) is 44.7 Å². The molecule has 3 nitrogen and oxygen atoms in total. The molecule has 2 aromatic carbocycles. The number of halogens is 1. The fraction of sp³-hybridized carbons (Fsp3) is 0.391. The summed E-state index contributed by atoms with van der Waals surface area (Å²) >= 11 is 6.29. The number of ether oxygens (including phenoxy) is 1. The van der Waals surface area contributed by atoms with E-state index in [-0.39, 0.29) is 5.41 Å². The second-order valence-corrected chi connectivity index (χ2v) is 7.46. The van der Waals surface area contributed by atoms with Gasteiger partial charge in [-0.1, -0.05) is 37.6 Å². The first-order valence-corrected chi connectivity index (χ1v) is 10.0. The van der Waals surface area contributed by atoms with E-state index in [2.05, 4.69) is 74.9 Å². The third-order valence-corrected chi connectivity index (χ3v) is 5.47. The molecule has 0 aliphatic heterocycles. The van der Waals surface area contributed by atoms with Crippen LogP contribution in [-0.2, 0) is 5.41 Å². The normalized spacial score (nSPS) is 13.6. The van der Waals surface area contributed by atoms with E-state index in [9.17, 15) is 0 Å². The third-order valence-electron chi connectivity index (χ3n) is 5.24. The van der Waals surface area contributed by atoms with Gasteiger partial charge in [0.15, 0.2) is 0 Å². The molecule has 27 heavy (non-hydrogen) atoms. The molecule has 0 heterocycles. The molecule has 146 valence electrons. The van der Waals surface area contributed by atoms with Crippen molar-refractivity contribution in [1.82, 2.24) is 0 Å². The number of rotatable bonds is 9. The van der Waals surface area contributed by atoms with E-state index in [0.717, 1.165) is 41.4 Å². The molecule has 0 aliphatic carbocycles. The monoisotopic (exact) mass is 387 g/mol. The van der Waals surface area contributed by atoms with Crippen molar-refractivity contribution >= 4 is 29.1 Å².